The van der Waals surface area contributed by atoms with Crippen LogP contribution in [0.4, 0.5) is 0 Å². The first-order valence-electron chi connectivity index (χ1n) is 8.26. The lowest BCUT2D eigenvalue weighted by Crippen LogP contribution is -2.44. The van der Waals surface area contributed by atoms with Crippen LogP contribution >= 0.6 is 12.2 Å². The van der Waals surface area contributed by atoms with Crippen LogP contribution in [0.2, 0.25) is 0 Å². The second-order valence-electron chi connectivity index (χ2n) is 5.71. The molecule has 2 aromatic rings. The van der Waals surface area contributed by atoms with Crippen LogP contribution < -0.4 is 10.6 Å². The summed E-state index contributed by atoms with van der Waals surface area (Å²) < 4.78 is 10.9. The fourth-order valence-electron chi connectivity index (χ4n) is 2.75. The second kappa shape index (κ2) is 8.82. The molecule has 24 heavy (non-hydrogen) atoms. The normalized spacial score (nSPS) is 16.5. The van der Waals surface area contributed by atoms with Crippen LogP contribution in [0.15, 0.2) is 53.1 Å². The molecular formula is C18H23N3O2S. The molecule has 1 aliphatic rings. The fourth-order valence-corrected chi connectivity index (χ4v) is 2.97. The van der Waals surface area contributed by atoms with Crippen molar-refractivity contribution in [2.45, 2.75) is 6.04 Å². The number of ether oxygens (including phenoxy) is 1. The number of nitrogens with one attached hydrogen (secondary N) is 2. The maximum absolute atomic E-state index is 5.58. The van der Waals surface area contributed by atoms with Gasteiger partial charge in [0.05, 0.1) is 19.5 Å². The summed E-state index contributed by atoms with van der Waals surface area (Å²) in [6.45, 7) is 5.38. The number of furan rings is 1. The molecule has 0 bridgehead atoms. The van der Waals surface area contributed by atoms with Crippen molar-refractivity contribution >= 4 is 17.3 Å². The third kappa shape index (κ3) is 4.80. The second-order valence-corrected chi connectivity index (χ2v) is 6.12. The van der Waals surface area contributed by atoms with Crippen LogP contribution in [0.5, 0.6) is 0 Å². The van der Waals surface area contributed by atoms with Gasteiger partial charge in [0.1, 0.15) is 11.8 Å². The van der Waals surface area contributed by atoms with E-state index in [0.717, 1.165) is 50.7 Å². The van der Waals surface area contributed by atoms with Crippen LogP contribution in [-0.4, -0.2) is 49.4 Å². The Hall–Kier alpha value is -1.89. The lowest BCUT2D eigenvalue weighted by Gasteiger charge is -2.27. The predicted molar refractivity (Wildman–Crippen MR) is 98.0 cm³/mol. The quantitative estimate of drug-likeness (QED) is 0.783. The van der Waals surface area contributed by atoms with Gasteiger partial charge in [0.2, 0.25) is 0 Å². The van der Waals surface area contributed by atoms with E-state index in [2.05, 4.69) is 27.7 Å². The Bertz CT molecular complexity index is 612. The van der Waals surface area contributed by atoms with Crippen molar-refractivity contribution in [1.29, 1.82) is 0 Å². The van der Waals surface area contributed by atoms with Gasteiger partial charge in [0.15, 0.2) is 5.11 Å². The minimum Gasteiger partial charge on any atom is -0.467 e. The average Bonchev–Trinajstić information content (AvgIpc) is 3.16. The summed E-state index contributed by atoms with van der Waals surface area (Å²) in [5.74, 6) is 0.846. The van der Waals surface area contributed by atoms with E-state index < -0.39 is 0 Å². The molecule has 5 nitrogen and oxygen atoms in total. The van der Waals surface area contributed by atoms with E-state index in [-0.39, 0.29) is 6.04 Å². The Kier molecular flexibility index (Phi) is 6.23. The summed E-state index contributed by atoms with van der Waals surface area (Å²) in [4.78, 5) is 2.38. The molecule has 3 rings (SSSR count). The smallest absolute Gasteiger partial charge is 0.167 e. The molecule has 1 aromatic heterocycles. The Morgan fingerprint density at radius 1 is 1.12 bits per heavy atom. The first-order chi connectivity index (χ1) is 11.8. The van der Waals surface area contributed by atoms with Gasteiger partial charge < -0.3 is 19.8 Å². The Morgan fingerprint density at radius 3 is 2.62 bits per heavy atom. The fraction of sp³-hybridized carbons (Fsp3) is 0.389. The lowest BCUT2D eigenvalue weighted by molar-refractivity contribution is 0.0389. The van der Waals surface area contributed by atoms with Crippen LogP contribution in [0.3, 0.4) is 0 Å². The SMILES string of the molecule is S=C(NCCN1CCOCC1)N[C@H](c1ccccc1)c1ccco1. The molecule has 0 unspecified atom stereocenters. The number of hydrogen-bond donors (Lipinski definition) is 2. The molecule has 1 aromatic carbocycles. The third-order valence-corrected chi connectivity index (χ3v) is 4.32. The highest BCUT2D eigenvalue weighted by atomic mass is 32.1. The highest BCUT2D eigenvalue weighted by molar-refractivity contribution is 7.80. The number of rotatable bonds is 6. The van der Waals surface area contributed by atoms with E-state index in [0.29, 0.717) is 5.11 Å². The molecule has 0 saturated carbocycles. The van der Waals surface area contributed by atoms with E-state index in [1.54, 1.807) is 6.26 Å². The Labute approximate surface area is 148 Å². The third-order valence-electron chi connectivity index (χ3n) is 4.05. The van der Waals surface area contributed by atoms with Crippen molar-refractivity contribution in [2.24, 2.45) is 0 Å². The molecule has 2 heterocycles. The first-order valence-corrected chi connectivity index (χ1v) is 8.66. The lowest BCUT2D eigenvalue weighted by atomic mass is 10.1. The molecule has 1 saturated heterocycles. The van der Waals surface area contributed by atoms with Crippen molar-refractivity contribution in [3.8, 4) is 0 Å². The van der Waals surface area contributed by atoms with Gasteiger partial charge in [-0.3, -0.25) is 4.90 Å². The van der Waals surface area contributed by atoms with Crippen LogP contribution in [0.25, 0.3) is 0 Å². The molecule has 128 valence electrons. The predicted octanol–water partition coefficient (Wildman–Crippen LogP) is 2.17. The van der Waals surface area contributed by atoms with Crippen LogP contribution in [-0.2, 0) is 4.74 Å². The van der Waals surface area contributed by atoms with Crippen molar-refractivity contribution in [3.63, 3.8) is 0 Å². The number of nitrogens with zero attached hydrogens (tertiary/aromatic N) is 1. The Balaban J connectivity index is 1.53. The van der Waals surface area contributed by atoms with Gasteiger partial charge in [-0.25, -0.2) is 0 Å². The van der Waals surface area contributed by atoms with Crippen molar-refractivity contribution < 1.29 is 9.15 Å². The zero-order valence-corrected chi connectivity index (χ0v) is 14.4. The summed E-state index contributed by atoms with van der Waals surface area (Å²) in [5, 5.41) is 7.28. The Morgan fingerprint density at radius 2 is 1.92 bits per heavy atom. The van der Waals surface area contributed by atoms with Gasteiger partial charge in [-0.2, -0.15) is 0 Å². The number of thiocarbonyl (C=S) groups is 1. The molecule has 0 amide bonds. The van der Waals surface area contributed by atoms with Gasteiger partial charge in [0, 0.05) is 26.2 Å². The largest absolute Gasteiger partial charge is 0.467 e. The highest BCUT2D eigenvalue weighted by Crippen LogP contribution is 2.22. The highest BCUT2D eigenvalue weighted by Gasteiger charge is 2.17. The van der Waals surface area contributed by atoms with E-state index in [1.807, 2.05) is 30.3 Å². The maximum atomic E-state index is 5.58. The minimum absolute atomic E-state index is 0.0930. The summed E-state index contributed by atoms with van der Waals surface area (Å²) in [5.41, 5.74) is 1.12. The standard InChI is InChI=1S/C18H23N3O2S/c24-18(19-8-9-21-10-13-22-14-11-21)20-17(16-7-4-12-23-16)15-5-2-1-3-6-15/h1-7,12,17H,8-11,13-14H2,(H2,19,20,24)/t17-/m1/s1. The zero-order valence-electron chi connectivity index (χ0n) is 13.6. The van der Waals surface area contributed by atoms with Crippen LogP contribution in [0.1, 0.15) is 17.4 Å². The number of benzene rings is 1. The summed E-state index contributed by atoms with van der Waals surface area (Å²) in [7, 11) is 0. The summed E-state index contributed by atoms with van der Waals surface area (Å²) in [6, 6.07) is 13.9. The molecule has 1 fully saturated rings. The van der Waals surface area contributed by atoms with E-state index in [4.69, 9.17) is 21.4 Å². The van der Waals surface area contributed by atoms with E-state index >= 15 is 0 Å². The molecule has 0 radical (unpaired) electrons. The molecule has 0 spiro atoms. The number of morpholine rings is 1. The van der Waals surface area contributed by atoms with Gasteiger partial charge in [-0.1, -0.05) is 30.3 Å². The van der Waals surface area contributed by atoms with Gasteiger partial charge in [0.25, 0.3) is 0 Å². The molecule has 6 heteroatoms. The van der Waals surface area contributed by atoms with E-state index in [9.17, 15) is 0 Å². The number of hydrogen-bond acceptors (Lipinski definition) is 4. The van der Waals surface area contributed by atoms with Crippen LogP contribution in [0, 0.1) is 0 Å². The van der Waals surface area contributed by atoms with Crippen molar-refractivity contribution in [1.82, 2.24) is 15.5 Å². The maximum Gasteiger partial charge on any atom is 0.167 e. The van der Waals surface area contributed by atoms with E-state index in [1.165, 1.54) is 0 Å². The first kappa shape index (κ1) is 17.0. The molecular weight excluding hydrogens is 322 g/mol. The van der Waals surface area contributed by atoms with Gasteiger partial charge in [-0.05, 0) is 29.9 Å². The molecule has 0 aliphatic carbocycles. The summed E-state index contributed by atoms with van der Waals surface area (Å²) in [6.07, 6.45) is 1.68. The monoisotopic (exact) mass is 345 g/mol. The molecule has 1 atom stereocenters. The molecule has 2 N–H and O–H groups in total. The minimum atomic E-state index is -0.0930. The topological polar surface area (TPSA) is 49.7 Å². The van der Waals surface area contributed by atoms with Crippen molar-refractivity contribution in [2.75, 3.05) is 39.4 Å². The van der Waals surface area contributed by atoms with Gasteiger partial charge in [-0.15, -0.1) is 0 Å². The summed E-state index contributed by atoms with van der Waals surface area (Å²) >= 11 is 5.46. The zero-order chi connectivity index (χ0) is 16.6. The van der Waals surface area contributed by atoms with Gasteiger partial charge >= 0.3 is 0 Å². The average molecular weight is 345 g/mol. The van der Waals surface area contributed by atoms with Crippen molar-refractivity contribution in [3.05, 3.63) is 60.1 Å². The molecule has 1 aliphatic heterocycles.